The number of benzene rings is 1. The number of nitrogens with zero attached hydrogens (tertiary/aromatic N) is 2. The highest BCUT2D eigenvalue weighted by molar-refractivity contribution is 7.99. The monoisotopic (exact) mass is 362 g/mol. The van der Waals surface area contributed by atoms with Crippen molar-refractivity contribution in [3.05, 3.63) is 41.7 Å². The van der Waals surface area contributed by atoms with Crippen molar-refractivity contribution >= 4 is 29.3 Å². The molecule has 2 aromatic rings. The Balaban J connectivity index is 1.97. The Morgan fingerprint density at radius 2 is 1.96 bits per heavy atom. The Morgan fingerprint density at radius 1 is 1.24 bits per heavy atom. The van der Waals surface area contributed by atoms with Crippen LogP contribution in [0.3, 0.4) is 0 Å². The fraction of sp³-hybridized carbons (Fsp3) is 0.353. The molecule has 0 bridgehead atoms. The van der Waals surface area contributed by atoms with Crippen LogP contribution in [0.1, 0.15) is 18.2 Å². The van der Waals surface area contributed by atoms with Crippen LogP contribution in [-0.4, -0.2) is 38.8 Å². The number of aliphatic hydroxyl groups excluding tert-OH is 1. The van der Waals surface area contributed by atoms with Gasteiger partial charge in [0.1, 0.15) is 6.54 Å². The first-order valence-corrected chi connectivity index (χ1v) is 8.93. The molecule has 0 atom stereocenters. The van der Waals surface area contributed by atoms with Gasteiger partial charge in [0.25, 0.3) is 0 Å². The number of aromatic nitrogens is 2. The molecule has 8 heteroatoms. The minimum atomic E-state index is -0.220. The molecule has 2 amide bonds. The Morgan fingerprint density at radius 3 is 2.60 bits per heavy atom. The molecule has 0 aliphatic rings. The van der Waals surface area contributed by atoms with Crippen LogP contribution in [0.2, 0.25) is 0 Å². The number of aliphatic hydroxyl groups is 1. The van der Waals surface area contributed by atoms with Gasteiger partial charge in [0, 0.05) is 12.2 Å². The van der Waals surface area contributed by atoms with E-state index in [1.165, 1.54) is 18.0 Å². The maximum atomic E-state index is 12.1. The van der Waals surface area contributed by atoms with Crippen molar-refractivity contribution in [1.29, 1.82) is 0 Å². The lowest BCUT2D eigenvalue weighted by molar-refractivity contribution is -0.121. The van der Waals surface area contributed by atoms with Gasteiger partial charge in [-0.25, -0.2) is 4.98 Å². The van der Waals surface area contributed by atoms with Gasteiger partial charge >= 0.3 is 0 Å². The number of imidazole rings is 1. The third-order valence-electron chi connectivity index (χ3n) is 3.41. The SMILES string of the molecule is CCNC(=O)Cn1c(CO)cnc1SCC(=O)Nc1ccc(C)cc1. The van der Waals surface area contributed by atoms with Gasteiger partial charge in [-0.3, -0.25) is 9.59 Å². The maximum Gasteiger partial charge on any atom is 0.240 e. The second-order valence-electron chi connectivity index (χ2n) is 5.43. The molecule has 3 N–H and O–H groups in total. The Hall–Kier alpha value is -2.32. The third kappa shape index (κ3) is 5.61. The lowest BCUT2D eigenvalue weighted by Crippen LogP contribution is -2.28. The van der Waals surface area contributed by atoms with Crippen molar-refractivity contribution in [2.75, 3.05) is 17.6 Å². The summed E-state index contributed by atoms with van der Waals surface area (Å²) in [5, 5.41) is 15.4. The highest BCUT2D eigenvalue weighted by Crippen LogP contribution is 2.19. The van der Waals surface area contributed by atoms with Crippen LogP contribution in [0.5, 0.6) is 0 Å². The molecule has 2 rings (SSSR count). The lowest BCUT2D eigenvalue weighted by Gasteiger charge is -2.10. The summed E-state index contributed by atoms with van der Waals surface area (Å²) in [6.45, 7) is 4.19. The number of anilines is 1. The molecule has 1 heterocycles. The molecule has 1 aromatic heterocycles. The number of nitrogens with one attached hydrogen (secondary N) is 2. The zero-order valence-electron chi connectivity index (χ0n) is 14.3. The van der Waals surface area contributed by atoms with Gasteiger partial charge in [0.2, 0.25) is 11.8 Å². The number of hydrogen-bond acceptors (Lipinski definition) is 5. The Kier molecular flexibility index (Phi) is 7.03. The molecule has 0 aliphatic heterocycles. The van der Waals surface area contributed by atoms with Crippen molar-refractivity contribution in [2.24, 2.45) is 0 Å². The zero-order chi connectivity index (χ0) is 18.2. The summed E-state index contributed by atoms with van der Waals surface area (Å²) in [5.74, 6) is -0.168. The maximum absolute atomic E-state index is 12.1. The molecule has 0 saturated heterocycles. The highest BCUT2D eigenvalue weighted by Gasteiger charge is 2.14. The second kappa shape index (κ2) is 9.24. The first-order chi connectivity index (χ1) is 12.0. The quantitative estimate of drug-likeness (QED) is 0.619. The van der Waals surface area contributed by atoms with Crippen LogP contribution in [0.4, 0.5) is 5.69 Å². The fourth-order valence-corrected chi connectivity index (χ4v) is 2.96. The number of hydrogen-bond donors (Lipinski definition) is 3. The fourth-order valence-electron chi connectivity index (χ4n) is 2.16. The number of amides is 2. The van der Waals surface area contributed by atoms with Crippen molar-refractivity contribution < 1.29 is 14.7 Å². The molecule has 134 valence electrons. The summed E-state index contributed by atoms with van der Waals surface area (Å²) in [6, 6.07) is 7.54. The van der Waals surface area contributed by atoms with E-state index in [0.717, 1.165) is 11.3 Å². The van der Waals surface area contributed by atoms with E-state index in [2.05, 4.69) is 15.6 Å². The first kappa shape index (κ1) is 19.0. The van der Waals surface area contributed by atoms with Crippen LogP contribution in [0.15, 0.2) is 35.6 Å². The van der Waals surface area contributed by atoms with E-state index in [4.69, 9.17) is 0 Å². The normalized spacial score (nSPS) is 10.5. The predicted octanol–water partition coefficient (Wildman–Crippen LogP) is 1.55. The number of carbonyl (C=O) groups excluding carboxylic acids is 2. The zero-order valence-corrected chi connectivity index (χ0v) is 15.1. The molecule has 1 aromatic carbocycles. The highest BCUT2D eigenvalue weighted by atomic mass is 32.2. The Bertz CT molecular complexity index is 728. The van der Waals surface area contributed by atoms with E-state index >= 15 is 0 Å². The van der Waals surface area contributed by atoms with Crippen LogP contribution in [0, 0.1) is 6.92 Å². The van der Waals surface area contributed by atoms with Gasteiger partial charge in [0.05, 0.1) is 24.3 Å². The number of likely N-dealkylation sites (N-methyl/N-ethyl adjacent to an activating group) is 1. The molecular formula is C17H22N4O3S. The van der Waals surface area contributed by atoms with Crippen LogP contribution >= 0.6 is 11.8 Å². The summed E-state index contributed by atoms with van der Waals surface area (Å²) >= 11 is 1.22. The number of thioether (sulfide) groups is 1. The molecular weight excluding hydrogens is 340 g/mol. The smallest absolute Gasteiger partial charge is 0.240 e. The van der Waals surface area contributed by atoms with Gasteiger partial charge in [-0.15, -0.1) is 0 Å². The molecule has 0 aliphatic carbocycles. The van der Waals surface area contributed by atoms with Gasteiger partial charge in [0.15, 0.2) is 5.16 Å². The minimum absolute atomic E-state index is 0.0612. The average molecular weight is 362 g/mol. The first-order valence-electron chi connectivity index (χ1n) is 7.94. The molecule has 0 spiro atoms. The van der Waals surface area contributed by atoms with Gasteiger partial charge in [-0.05, 0) is 26.0 Å². The lowest BCUT2D eigenvalue weighted by atomic mass is 10.2. The second-order valence-corrected chi connectivity index (χ2v) is 6.38. The van der Waals surface area contributed by atoms with E-state index in [0.29, 0.717) is 17.4 Å². The summed E-state index contributed by atoms with van der Waals surface area (Å²) in [4.78, 5) is 28.1. The summed E-state index contributed by atoms with van der Waals surface area (Å²) in [6.07, 6.45) is 1.51. The van der Waals surface area contributed by atoms with Gasteiger partial charge in [-0.2, -0.15) is 0 Å². The number of aryl methyl sites for hydroxylation is 1. The Labute approximate surface area is 150 Å². The van der Waals surface area contributed by atoms with Crippen molar-refractivity contribution in [1.82, 2.24) is 14.9 Å². The van der Waals surface area contributed by atoms with Crippen LogP contribution < -0.4 is 10.6 Å². The van der Waals surface area contributed by atoms with E-state index in [1.807, 2.05) is 38.1 Å². The van der Waals surface area contributed by atoms with E-state index in [9.17, 15) is 14.7 Å². The summed E-state index contributed by atoms with van der Waals surface area (Å²) in [7, 11) is 0. The molecule has 0 unspecified atom stereocenters. The molecule has 0 radical (unpaired) electrons. The largest absolute Gasteiger partial charge is 0.390 e. The molecule has 25 heavy (non-hydrogen) atoms. The molecule has 0 saturated carbocycles. The summed E-state index contributed by atoms with van der Waals surface area (Å²) < 4.78 is 1.62. The van der Waals surface area contributed by atoms with E-state index in [1.54, 1.807) is 4.57 Å². The van der Waals surface area contributed by atoms with Crippen LogP contribution in [0.25, 0.3) is 0 Å². The van der Waals surface area contributed by atoms with E-state index < -0.39 is 0 Å². The molecule has 0 fully saturated rings. The topological polar surface area (TPSA) is 96.2 Å². The summed E-state index contributed by atoms with van der Waals surface area (Å²) in [5.41, 5.74) is 2.39. The van der Waals surface area contributed by atoms with Gasteiger partial charge in [-0.1, -0.05) is 29.5 Å². The predicted molar refractivity (Wildman–Crippen MR) is 97.4 cm³/mol. The third-order valence-corrected chi connectivity index (χ3v) is 4.40. The van der Waals surface area contributed by atoms with Crippen molar-refractivity contribution in [3.63, 3.8) is 0 Å². The van der Waals surface area contributed by atoms with Crippen LogP contribution in [-0.2, 0) is 22.7 Å². The number of rotatable bonds is 8. The standard InChI is InChI=1S/C17H22N4O3S/c1-3-18-15(23)9-21-14(10-22)8-19-17(21)25-11-16(24)20-13-6-4-12(2)5-7-13/h4-8,22H,3,9-11H2,1-2H3,(H,18,23)(H,20,24). The minimum Gasteiger partial charge on any atom is -0.390 e. The van der Waals surface area contributed by atoms with Crippen molar-refractivity contribution in [2.45, 2.75) is 32.2 Å². The van der Waals surface area contributed by atoms with Crippen molar-refractivity contribution in [3.8, 4) is 0 Å². The number of carbonyl (C=O) groups is 2. The average Bonchev–Trinajstić information content (AvgIpc) is 2.97. The van der Waals surface area contributed by atoms with E-state index in [-0.39, 0.29) is 30.7 Å². The molecule has 7 nitrogen and oxygen atoms in total. The van der Waals surface area contributed by atoms with Gasteiger partial charge < -0.3 is 20.3 Å².